The van der Waals surface area contributed by atoms with E-state index in [1.807, 2.05) is 65.4 Å². The Morgan fingerprint density at radius 2 is 1.48 bits per heavy atom. The van der Waals surface area contributed by atoms with Gasteiger partial charge in [0.1, 0.15) is 17.8 Å². The van der Waals surface area contributed by atoms with E-state index in [1.165, 1.54) is 0 Å². The number of carbonyl (C=O) groups is 1. The van der Waals surface area contributed by atoms with Crippen LogP contribution >= 0.6 is 15.9 Å². The molecule has 2 aromatic rings. The predicted octanol–water partition coefficient (Wildman–Crippen LogP) is 2.62. The monoisotopic (exact) mass is 452 g/mol. The van der Waals surface area contributed by atoms with Gasteiger partial charge >= 0.3 is 10.2 Å². The van der Waals surface area contributed by atoms with Crippen molar-refractivity contribution in [2.24, 2.45) is 0 Å². The minimum atomic E-state index is -4.12. The quantitative estimate of drug-likeness (QED) is 0.697. The molecule has 1 amide bonds. The molecular formula is C18H17BrN2O5S. The third-order valence-corrected chi connectivity index (χ3v) is 5.66. The SMILES string of the molecule is O=C1NS(=O)(=O)N(COCc2ccccc2)C(OCc2ccccc2)=C1Br. The number of benzene rings is 2. The largest absolute Gasteiger partial charge is 0.472 e. The second-order valence-corrected chi connectivity index (χ2v) is 8.03. The average molecular weight is 453 g/mol. The summed E-state index contributed by atoms with van der Waals surface area (Å²) in [7, 11) is -4.12. The standard InChI is InChI=1S/C18H17BrN2O5S/c19-16-17(22)20-27(23,24)21(13-25-11-14-7-3-1-4-8-14)18(16)26-12-15-9-5-2-6-10-15/h1-10H,11-13H2,(H,20,22). The van der Waals surface area contributed by atoms with E-state index in [-0.39, 0.29) is 30.3 Å². The molecule has 2 aromatic carbocycles. The van der Waals surface area contributed by atoms with Crippen LogP contribution in [-0.4, -0.2) is 25.4 Å². The summed E-state index contributed by atoms with van der Waals surface area (Å²) in [6.07, 6.45) is 0. The van der Waals surface area contributed by atoms with Gasteiger partial charge in [-0.25, -0.2) is 4.72 Å². The van der Waals surface area contributed by atoms with Gasteiger partial charge in [-0.05, 0) is 27.1 Å². The molecule has 0 fully saturated rings. The zero-order valence-electron chi connectivity index (χ0n) is 14.2. The molecule has 27 heavy (non-hydrogen) atoms. The first kappa shape index (κ1) is 19.4. The molecule has 0 aromatic heterocycles. The van der Waals surface area contributed by atoms with Crippen molar-refractivity contribution in [2.75, 3.05) is 6.73 Å². The summed E-state index contributed by atoms with van der Waals surface area (Å²) in [5.41, 5.74) is 1.73. The zero-order chi connectivity index (χ0) is 19.3. The molecule has 0 atom stereocenters. The van der Waals surface area contributed by atoms with Gasteiger partial charge in [-0.1, -0.05) is 60.7 Å². The first-order valence-electron chi connectivity index (χ1n) is 8.00. The first-order valence-corrected chi connectivity index (χ1v) is 10.2. The lowest BCUT2D eigenvalue weighted by Gasteiger charge is -2.30. The van der Waals surface area contributed by atoms with Gasteiger partial charge in [-0.15, -0.1) is 0 Å². The third-order valence-electron chi connectivity index (χ3n) is 3.66. The number of nitrogens with zero attached hydrogens (tertiary/aromatic N) is 1. The molecule has 0 saturated heterocycles. The maximum Gasteiger partial charge on any atom is 0.330 e. The molecule has 142 valence electrons. The number of ether oxygens (including phenoxy) is 2. The number of hydrogen-bond acceptors (Lipinski definition) is 5. The third kappa shape index (κ3) is 4.88. The Balaban J connectivity index is 1.75. The summed E-state index contributed by atoms with van der Waals surface area (Å²) < 4.78 is 38.7. The Kier molecular flexibility index (Phi) is 6.15. The molecule has 0 unspecified atom stereocenters. The summed E-state index contributed by atoms with van der Waals surface area (Å²) in [5.74, 6) is -0.909. The summed E-state index contributed by atoms with van der Waals surface area (Å²) in [6.45, 7) is 0.00435. The van der Waals surface area contributed by atoms with E-state index < -0.39 is 16.1 Å². The van der Waals surface area contributed by atoms with Crippen LogP contribution < -0.4 is 4.72 Å². The highest BCUT2D eigenvalue weighted by Crippen LogP contribution is 2.26. The average Bonchev–Trinajstić information content (AvgIpc) is 2.66. The van der Waals surface area contributed by atoms with Crippen LogP contribution in [0.4, 0.5) is 0 Å². The van der Waals surface area contributed by atoms with Gasteiger partial charge in [0.05, 0.1) is 6.61 Å². The van der Waals surface area contributed by atoms with E-state index >= 15 is 0 Å². The van der Waals surface area contributed by atoms with Crippen molar-refractivity contribution in [1.29, 1.82) is 0 Å². The molecule has 1 heterocycles. The van der Waals surface area contributed by atoms with E-state index in [2.05, 4.69) is 15.9 Å². The number of amides is 1. The summed E-state index contributed by atoms with van der Waals surface area (Å²) in [5, 5.41) is 0. The molecule has 1 aliphatic rings. The maximum atomic E-state index is 12.4. The fourth-order valence-corrected chi connectivity index (χ4v) is 4.04. The van der Waals surface area contributed by atoms with E-state index in [1.54, 1.807) is 0 Å². The van der Waals surface area contributed by atoms with E-state index in [0.29, 0.717) is 0 Å². The van der Waals surface area contributed by atoms with Crippen LogP contribution in [0, 0.1) is 0 Å². The van der Waals surface area contributed by atoms with Gasteiger partial charge in [0.15, 0.2) is 0 Å². The Hall–Kier alpha value is -2.36. The van der Waals surface area contributed by atoms with E-state index in [0.717, 1.165) is 15.4 Å². The normalized spacial score (nSPS) is 16.2. The van der Waals surface area contributed by atoms with Crippen molar-refractivity contribution in [2.45, 2.75) is 13.2 Å². The maximum absolute atomic E-state index is 12.4. The molecule has 3 rings (SSSR count). The van der Waals surface area contributed by atoms with Crippen LogP contribution in [0.25, 0.3) is 0 Å². The smallest absolute Gasteiger partial charge is 0.330 e. The molecular weight excluding hydrogens is 436 g/mol. The van der Waals surface area contributed by atoms with Gasteiger partial charge in [-0.2, -0.15) is 12.7 Å². The van der Waals surface area contributed by atoms with Crippen LogP contribution in [0.2, 0.25) is 0 Å². The Morgan fingerprint density at radius 1 is 0.926 bits per heavy atom. The van der Waals surface area contributed by atoms with Gasteiger partial charge in [0.2, 0.25) is 5.88 Å². The highest BCUT2D eigenvalue weighted by Gasteiger charge is 2.37. The predicted molar refractivity (Wildman–Crippen MR) is 102 cm³/mol. The summed E-state index contributed by atoms with van der Waals surface area (Å²) >= 11 is 3.10. The zero-order valence-corrected chi connectivity index (χ0v) is 16.6. The van der Waals surface area contributed by atoms with Crippen LogP contribution in [0.3, 0.4) is 0 Å². The topological polar surface area (TPSA) is 84.9 Å². The summed E-state index contributed by atoms with van der Waals surface area (Å²) in [6, 6.07) is 18.5. The lowest BCUT2D eigenvalue weighted by atomic mass is 10.2. The van der Waals surface area contributed by atoms with Gasteiger partial charge in [-0.3, -0.25) is 4.79 Å². The van der Waals surface area contributed by atoms with Crippen molar-refractivity contribution in [3.05, 3.63) is 82.2 Å². The first-order chi connectivity index (χ1) is 13.0. The van der Waals surface area contributed by atoms with E-state index in [9.17, 15) is 13.2 Å². The molecule has 0 aliphatic carbocycles. The molecule has 1 aliphatic heterocycles. The number of carbonyl (C=O) groups excluding carboxylic acids is 1. The van der Waals surface area contributed by atoms with Crippen molar-refractivity contribution >= 4 is 32.0 Å². The highest BCUT2D eigenvalue weighted by atomic mass is 79.9. The fraction of sp³-hybridized carbons (Fsp3) is 0.167. The number of nitrogens with one attached hydrogen (secondary N) is 1. The molecule has 0 bridgehead atoms. The van der Waals surface area contributed by atoms with Crippen LogP contribution in [0.15, 0.2) is 71.0 Å². The van der Waals surface area contributed by atoms with Crippen LogP contribution in [-0.2, 0) is 37.7 Å². The Labute approximate surface area is 165 Å². The number of hydrogen-bond donors (Lipinski definition) is 1. The van der Waals surface area contributed by atoms with Crippen LogP contribution in [0.1, 0.15) is 11.1 Å². The molecule has 1 N–H and O–H groups in total. The molecule has 0 spiro atoms. The molecule has 0 saturated carbocycles. The van der Waals surface area contributed by atoms with Gasteiger partial charge in [0, 0.05) is 0 Å². The minimum absolute atomic E-state index is 0.0171. The highest BCUT2D eigenvalue weighted by molar-refractivity contribution is 9.12. The van der Waals surface area contributed by atoms with Crippen molar-refractivity contribution in [3.63, 3.8) is 0 Å². The Bertz CT molecular complexity index is 933. The second kappa shape index (κ2) is 8.55. The van der Waals surface area contributed by atoms with Gasteiger partial charge in [0.25, 0.3) is 5.91 Å². The fourth-order valence-electron chi connectivity index (χ4n) is 2.34. The van der Waals surface area contributed by atoms with Crippen LogP contribution in [0.5, 0.6) is 0 Å². The van der Waals surface area contributed by atoms with Crippen molar-refractivity contribution in [1.82, 2.24) is 9.03 Å². The van der Waals surface area contributed by atoms with Gasteiger partial charge < -0.3 is 9.47 Å². The minimum Gasteiger partial charge on any atom is -0.472 e. The number of halogens is 1. The van der Waals surface area contributed by atoms with E-state index in [4.69, 9.17) is 9.47 Å². The van der Waals surface area contributed by atoms with Crippen molar-refractivity contribution < 1.29 is 22.7 Å². The van der Waals surface area contributed by atoms with Crippen molar-refractivity contribution in [3.8, 4) is 0 Å². The lowest BCUT2D eigenvalue weighted by Crippen LogP contribution is -2.49. The lowest BCUT2D eigenvalue weighted by molar-refractivity contribution is -0.116. The molecule has 0 radical (unpaired) electrons. The second-order valence-electron chi connectivity index (χ2n) is 5.64. The molecule has 7 nitrogen and oxygen atoms in total. The Morgan fingerprint density at radius 3 is 2.07 bits per heavy atom. The molecule has 9 heteroatoms. The summed E-state index contributed by atoms with van der Waals surface area (Å²) in [4.78, 5) is 11.9. The number of rotatable bonds is 7.